The van der Waals surface area contributed by atoms with Gasteiger partial charge in [-0.1, -0.05) is 18.2 Å². The summed E-state index contributed by atoms with van der Waals surface area (Å²) in [7, 11) is 0. The van der Waals surface area contributed by atoms with Crippen LogP contribution >= 0.6 is 11.6 Å². The summed E-state index contributed by atoms with van der Waals surface area (Å²) < 4.78 is 43.8. The Hall–Kier alpha value is -1.20. The molecule has 0 spiro atoms. The summed E-state index contributed by atoms with van der Waals surface area (Å²) in [6.07, 6.45) is -3.99. The van der Waals surface area contributed by atoms with Crippen molar-refractivity contribution in [3.8, 4) is 0 Å². The molecule has 1 fully saturated rings. The summed E-state index contributed by atoms with van der Waals surface area (Å²) in [5, 5.41) is 3.47. The molecule has 0 unspecified atom stereocenters. The molecule has 1 saturated carbocycles. The van der Waals surface area contributed by atoms with Crippen molar-refractivity contribution < 1.29 is 17.6 Å². The molecule has 6 heteroatoms. The fourth-order valence-electron chi connectivity index (χ4n) is 2.18. The fourth-order valence-corrected chi connectivity index (χ4v) is 2.43. The van der Waals surface area contributed by atoms with Crippen LogP contribution < -0.4 is 5.32 Å². The molecule has 102 valence electrons. The topological polar surface area (TPSA) is 25.2 Å². The summed E-state index contributed by atoms with van der Waals surface area (Å²) in [5.74, 6) is 0. The van der Waals surface area contributed by atoms with Gasteiger partial charge in [-0.2, -0.15) is 13.2 Å². The lowest BCUT2D eigenvalue weighted by molar-refractivity contribution is -0.166. The van der Waals surface area contributed by atoms with Crippen molar-refractivity contribution in [2.24, 2.45) is 0 Å². The van der Waals surface area contributed by atoms with Gasteiger partial charge in [0.2, 0.25) is 0 Å². The van der Waals surface area contributed by atoms with Crippen LogP contribution in [-0.2, 0) is 6.54 Å². The highest BCUT2D eigenvalue weighted by atomic mass is 35.5. The van der Waals surface area contributed by atoms with Crippen molar-refractivity contribution in [3.63, 3.8) is 0 Å². The first kappa shape index (κ1) is 12.8. The van der Waals surface area contributed by atoms with Gasteiger partial charge >= 0.3 is 6.18 Å². The first-order chi connectivity index (χ1) is 8.93. The monoisotopic (exact) mass is 289 g/mol. The van der Waals surface area contributed by atoms with Crippen LogP contribution in [0.4, 0.5) is 13.2 Å². The third-order valence-corrected chi connectivity index (χ3v) is 3.85. The third kappa shape index (κ3) is 2.11. The van der Waals surface area contributed by atoms with Crippen LogP contribution in [-0.4, -0.2) is 11.7 Å². The van der Waals surface area contributed by atoms with Gasteiger partial charge in [0.1, 0.15) is 11.1 Å². The van der Waals surface area contributed by atoms with E-state index in [1.807, 2.05) is 0 Å². The van der Waals surface area contributed by atoms with E-state index in [1.165, 1.54) is 0 Å². The first-order valence-electron chi connectivity index (χ1n) is 5.91. The second-order valence-corrected chi connectivity index (χ2v) is 5.13. The summed E-state index contributed by atoms with van der Waals surface area (Å²) in [4.78, 5) is 0. The molecule has 1 heterocycles. The smallest absolute Gasteiger partial charge is 0.406 e. The highest BCUT2D eigenvalue weighted by Crippen LogP contribution is 2.49. The van der Waals surface area contributed by atoms with Crippen LogP contribution in [0.1, 0.15) is 18.4 Å². The van der Waals surface area contributed by atoms with Crippen LogP contribution in [0.2, 0.25) is 5.22 Å². The van der Waals surface area contributed by atoms with Crippen molar-refractivity contribution in [2.75, 3.05) is 0 Å². The van der Waals surface area contributed by atoms with E-state index < -0.39 is 11.7 Å². The lowest BCUT2D eigenvalue weighted by Gasteiger charge is -2.20. The van der Waals surface area contributed by atoms with E-state index >= 15 is 0 Å². The molecule has 1 aromatic heterocycles. The molecule has 0 atom stereocenters. The summed E-state index contributed by atoms with van der Waals surface area (Å²) in [6, 6.07) is 7.11. The average molecular weight is 290 g/mol. The summed E-state index contributed by atoms with van der Waals surface area (Å²) >= 11 is 5.94. The Morgan fingerprint density at radius 1 is 1.26 bits per heavy atom. The molecule has 1 aliphatic carbocycles. The van der Waals surface area contributed by atoms with Crippen LogP contribution in [0.5, 0.6) is 0 Å². The van der Waals surface area contributed by atoms with Gasteiger partial charge in [-0.15, -0.1) is 0 Å². The lowest BCUT2D eigenvalue weighted by atomic mass is 10.1. The molecule has 0 amide bonds. The minimum atomic E-state index is -4.22. The van der Waals surface area contributed by atoms with Crippen molar-refractivity contribution in [2.45, 2.75) is 31.1 Å². The van der Waals surface area contributed by atoms with E-state index in [-0.39, 0.29) is 24.6 Å². The maximum Gasteiger partial charge on any atom is 0.406 e. The van der Waals surface area contributed by atoms with E-state index in [0.29, 0.717) is 11.1 Å². The minimum Gasteiger partial charge on any atom is -0.444 e. The van der Waals surface area contributed by atoms with Crippen molar-refractivity contribution in [1.82, 2.24) is 5.32 Å². The third-order valence-electron chi connectivity index (χ3n) is 3.55. The molecule has 1 aromatic carbocycles. The molecule has 0 saturated heterocycles. The van der Waals surface area contributed by atoms with Gasteiger partial charge in [0, 0.05) is 17.5 Å². The second kappa shape index (κ2) is 4.15. The Bertz CT molecular complexity index is 616. The largest absolute Gasteiger partial charge is 0.444 e. The number of hydrogen-bond donors (Lipinski definition) is 1. The number of nitrogens with one attached hydrogen (secondary N) is 1. The molecule has 2 aromatic rings. The maximum atomic E-state index is 12.8. The van der Waals surface area contributed by atoms with Gasteiger partial charge in [0.25, 0.3) is 0 Å². The Morgan fingerprint density at radius 3 is 2.58 bits per heavy atom. The molecular weight excluding hydrogens is 279 g/mol. The molecule has 0 radical (unpaired) electrons. The fraction of sp³-hybridized carbons (Fsp3) is 0.385. The Labute approximate surface area is 112 Å². The predicted octanol–water partition coefficient (Wildman–Crippen LogP) is 4.27. The minimum absolute atomic E-state index is 0.0509. The summed E-state index contributed by atoms with van der Waals surface area (Å²) in [5.41, 5.74) is -0.580. The Balaban J connectivity index is 1.85. The molecule has 1 N–H and O–H groups in total. The van der Waals surface area contributed by atoms with Crippen LogP contribution in [0.15, 0.2) is 28.7 Å². The standard InChI is InChI=1S/C13H11ClF3NO/c14-11-9(8-3-1-2-4-10(8)19-11)7-18-12(5-6-12)13(15,16)17/h1-4,18H,5-7H2. The van der Waals surface area contributed by atoms with Gasteiger partial charge in [0.05, 0.1) is 0 Å². The molecule has 0 aliphatic heterocycles. The van der Waals surface area contributed by atoms with E-state index in [4.69, 9.17) is 16.0 Å². The second-order valence-electron chi connectivity index (χ2n) is 4.78. The SMILES string of the molecule is FC(F)(F)C1(NCc2c(Cl)oc3ccccc23)CC1. The first-order valence-corrected chi connectivity index (χ1v) is 6.28. The number of para-hydroxylation sites is 1. The Kier molecular flexibility index (Phi) is 2.80. The Morgan fingerprint density at radius 2 is 1.95 bits per heavy atom. The molecule has 3 rings (SSSR count). The van der Waals surface area contributed by atoms with Crippen molar-refractivity contribution in [1.29, 1.82) is 0 Å². The summed E-state index contributed by atoms with van der Waals surface area (Å²) in [6.45, 7) is 0.0509. The zero-order valence-corrected chi connectivity index (χ0v) is 10.6. The van der Waals surface area contributed by atoms with Crippen molar-refractivity contribution >= 4 is 22.6 Å². The number of benzene rings is 1. The molecule has 1 aliphatic rings. The maximum absolute atomic E-state index is 12.8. The van der Waals surface area contributed by atoms with Crippen LogP contribution in [0.3, 0.4) is 0 Å². The number of furan rings is 1. The number of hydrogen-bond acceptors (Lipinski definition) is 2. The average Bonchev–Trinajstić information content (AvgIpc) is 3.06. The highest BCUT2D eigenvalue weighted by molar-refractivity contribution is 6.30. The highest BCUT2D eigenvalue weighted by Gasteiger charge is 2.63. The van der Waals surface area contributed by atoms with Gasteiger partial charge in [-0.3, -0.25) is 5.32 Å². The lowest BCUT2D eigenvalue weighted by Crippen LogP contribution is -2.44. The number of rotatable bonds is 3. The normalized spacial score (nSPS) is 17.9. The molecule has 0 bridgehead atoms. The van der Waals surface area contributed by atoms with Gasteiger partial charge < -0.3 is 4.42 Å². The van der Waals surface area contributed by atoms with Crippen molar-refractivity contribution in [3.05, 3.63) is 35.0 Å². The van der Waals surface area contributed by atoms with E-state index in [1.54, 1.807) is 24.3 Å². The van der Waals surface area contributed by atoms with E-state index in [2.05, 4.69) is 5.32 Å². The predicted molar refractivity (Wildman–Crippen MR) is 66.1 cm³/mol. The van der Waals surface area contributed by atoms with Gasteiger partial charge in [0.15, 0.2) is 5.22 Å². The number of halogens is 4. The molecule has 19 heavy (non-hydrogen) atoms. The zero-order chi connectivity index (χ0) is 13.7. The van der Waals surface area contributed by atoms with E-state index in [0.717, 1.165) is 5.39 Å². The van der Waals surface area contributed by atoms with E-state index in [9.17, 15) is 13.2 Å². The van der Waals surface area contributed by atoms with Crippen LogP contribution in [0.25, 0.3) is 11.0 Å². The van der Waals surface area contributed by atoms with Gasteiger partial charge in [-0.25, -0.2) is 0 Å². The van der Waals surface area contributed by atoms with Crippen LogP contribution in [0, 0.1) is 0 Å². The molecule has 2 nitrogen and oxygen atoms in total. The zero-order valence-electron chi connectivity index (χ0n) is 9.85. The molecular formula is C13H11ClF3NO. The number of alkyl halides is 3. The van der Waals surface area contributed by atoms with Gasteiger partial charge in [-0.05, 0) is 30.5 Å². The quantitative estimate of drug-likeness (QED) is 0.913. The number of fused-ring (bicyclic) bond motifs is 1.